The van der Waals surface area contributed by atoms with Crippen LogP contribution in [-0.4, -0.2) is 21.7 Å². The summed E-state index contributed by atoms with van der Waals surface area (Å²) in [6.07, 6.45) is 0. The summed E-state index contributed by atoms with van der Waals surface area (Å²) in [4.78, 5) is 13.2. The molecule has 0 unspecified atom stereocenters. The second-order valence-corrected chi connectivity index (χ2v) is 9.04. The van der Waals surface area contributed by atoms with E-state index in [4.69, 9.17) is 4.74 Å². The molecule has 5 aromatic rings. The molecule has 29 heavy (non-hydrogen) atoms. The van der Waals surface area contributed by atoms with Crippen molar-refractivity contribution in [3.05, 3.63) is 57.0 Å². The number of aryl methyl sites for hydroxylation is 2. The minimum atomic E-state index is -0.293. The van der Waals surface area contributed by atoms with Gasteiger partial charge in [-0.3, -0.25) is 0 Å². The van der Waals surface area contributed by atoms with E-state index in [1.54, 1.807) is 0 Å². The normalized spacial score (nSPS) is 11.9. The van der Waals surface area contributed by atoms with Crippen molar-refractivity contribution in [3.8, 4) is 0 Å². The number of hydrogen-bond donors (Lipinski definition) is 0. The highest BCUT2D eigenvalue weighted by Gasteiger charge is 2.25. The lowest BCUT2D eigenvalue weighted by atomic mass is 10.0. The zero-order valence-corrected chi connectivity index (χ0v) is 19.4. The summed E-state index contributed by atoms with van der Waals surface area (Å²) in [6, 6.07) is 14.6. The molecule has 0 atom stereocenters. The number of carbonyl (C=O) groups is 1. The van der Waals surface area contributed by atoms with E-state index in [0.29, 0.717) is 12.2 Å². The van der Waals surface area contributed by atoms with E-state index in [2.05, 4.69) is 71.3 Å². The van der Waals surface area contributed by atoms with Crippen LogP contribution in [-0.2, 0) is 18.8 Å². The molecule has 146 valence electrons. The predicted octanol–water partition coefficient (Wildman–Crippen LogP) is 6.68. The van der Waals surface area contributed by atoms with Crippen molar-refractivity contribution in [2.75, 3.05) is 6.61 Å². The molecule has 0 N–H and O–H groups in total. The van der Waals surface area contributed by atoms with Gasteiger partial charge in [-0.15, -0.1) is 0 Å². The van der Waals surface area contributed by atoms with E-state index in [1.807, 2.05) is 33.2 Å². The SMILES string of the molecule is CCOC(=O)c1c2c(cc3c4cc(Br)ccc4n(C)c13)c1cc(Br)ccc1n2C. The number of benzene rings is 3. The standard InChI is InChI=1S/C23H18Br2N2O2/c1-4-29-23(28)20-21-16(14-9-12(24)5-7-18(14)26(21)2)11-17-15-10-13(25)6-8-19(15)27(3)22(17)20/h5-11H,4H2,1-3H3. The fourth-order valence-corrected chi connectivity index (χ4v) is 5.16. The molecule has 6 heteroatoms. The Morgan fingerprint density at radius 1 is 0.828 bits per heavy atom. The summed E-state index contributed by atoms with van der Waals surface area (Å²) < 4.78 is 11.7. The minimum absolute atomic E-state index is 0.293. The highest BCUT2D eigenvalue weighted by molar-refractivity contribution is 9.10. The number of aromatic nitrogens is 2. The average Bonchev–Trinajstić information content (AvgIpc) is 3.12. The first-order valence-electron chi connectivity index (χ1n) is 9.37. The Kier molecular flexibility index (Phi) is 4.26. The van der Waals surface area contributed by atoms with Gasteiger partial charge in [0.05, 0.1) is 17.6 Å². The highest BCUT2D eigenvalue weighted by Crippen LogP contribution is 2.40. The molecule has 0 aliphatic rings. The first-order chi connectivity index (χ1) is 13.9. The highest BCUT2D eigenvalue weighted by atomic mass is 79.9. The number of halogens is 2. The molecule has 0 saturated heterocycles. The van der Waals surface area contributed by atoms with Crippen molar-refractivity contribution in [1.82, 2.24) is 9.13 Å². The van der Waals surface area contributed by atoms with Crippen LogP contribution in [0.3, 0.4) is 0 Å². The smallest absolute Gasteiger partial charge is 0.342 e. The first-order valence-corrected chi connectivity index (χ1v) is 11.0. The monoisotopic (exact) mass is 512 g/mol. The number of hydrogen-bond acceptors (Lipinski definition) is 2. The van der Waals surface area contributed by atoms with Gasteiger partial charge in [0.2, 0.25) is 0 Å². The van der Waals surface area contributed by atoms with Crippen LogP contribution < -0.4 is 0 Å². The molecule has 0 saturated carbocycles. The molecule has 0 amide bonds. The van der Waals surface area contributed by atoms with Crippen LogP contribution in [0.5, 0.6) is 0 Å². The number of nitrogens with zero attached hydrogens (tertiary/aromatic N) is 2. The third kappa shape index (κ3) is 2.58. The topological polar surface area (TPSA) is 36.2 Å². The second-order valence-electron chi connectivity index (χ2n) is 7.21. The van der Waals surface area contributed by atoms with Gasteiger partial charge in [0.15, 0.2) is 0 Å². The summed E-state index contributed by atoms with van der Waals surface area (Å²) in [5, 5.41) is 4.31. The van der Waals surface area contributed by atoms with Crippen molar-refractivity contribution in [2.45, 2.75) is 6.92 Å². The first kappa shape index (κ1) is 18.7. The van der Waals surface area contributed by atoms with E-state index in [1.165, 1.54) is 0 Å². The number of esters is 1. The van der Waals surface area contributed by atoms with Crippen LogP contribution in [0.15, 0.2) is 51.4 Å². The van der Waals surface area contributed by atoms with E-state index >= 15 is 0 Å². The average molecular weight is 514 g/mol. The maximum absolute atomic E-state index is 13.2. The summed E-state index contributed by atoms with van der Waals surface area (Å²) in [5.74, 6) is -0.293. The van der Waals surface area contributed by atoms with Gasteiger partial charge in [-0.2, -0.15) is 0 Å². The van der Waals surface area contributed by atoms with Gasteiger partial charge in [0.25, 0.3) is 0 Å². The van der Waals surface area contributed by atoms with Gasteiger partial charge in [-0.25, -0.2) is 4.79 Å². The zero-order chi connectivity index (χ0) is 20.4. The number of rotatable bonds is 2. The molecule has 2 heterocycles. The van der Waals surface area contributed by atoms with Gasteiger partial charge in [-0.05, 0) is 49.4 Å². The van der Waals surface area contributed by atoms with Crippen LogP contribution in [0.4, 0.5) is 0 Å². The van der Waals surface area contributed by atoms with E-state index in [-0.39, 0.29) is 5.97 Å². The molecule has 2 aromatic heterocycles. The molecule has 0 aliphatic heterocycles. The number of ether oxygens (including phenoxy) is 1. The fourth-order valence-electron chi connectivity index (χ4n) is 4.44. The third-order valence-electron chi connectivity index (χ3n) is 5.64. The quantitative estimate of drug-likeness (QED) is 0.247. The maximum Gasteiger partial charge on any atom is 0.342 e. The lowest BCUT2D eigenvalue weighted by Crippen LogP contribution is -2.09. The van der Waals surface area contributed by atoms with Crippen molar-refractivity contribution in [3.63, 3.8) is 0 Å². The number of fused-ring (bicyclic) bond motifs is 6. The molecule has 0 spiro atoms. The van der Waals surface area contributed by atoms with Crippen LogP contribution in [0.2, 0.25) is 0 Å². The third-order valence-corrected chi connectivity index (χ3v) is 6.63. The van der Waals surface area contributed by atoms with Crippen molar-refractivity contribution in [1.29, 1.82) is 0 Å². The van der Waals surface area contributed by atoms with Crippen molar-refractivity contribution < 1.29 is 9.53 Å². The van der Waals surface area contributed by atoms with Crippen LogP contribution in [0, 0.1) is 0 Å². The van der Waals surface area contributed by atoms with Crippen LogP contribution in [0.25, 0.3) is 43.6 Å². The fraction of sp³-hybridized carbons (Fsp3) is 0.174. The molecule has 0 fully saturated rings. The van der Waals surface area contributed by atoms with Crippen molar-refractivity contribution >= 4 is 81.4 Å². The van der Waals surface area contributed by atoms with Gasteiger partial charge in [0, 0.05) is 55.6 Å². The van der Waals surface area contributed by atoms with E-state index in [9.17, 15) is 4.79 Å². The summed E-state index contributed by atoms with van der Waals surface area (Å²) in [7, 11) is 4.01. The predicted molar refractivity (Wildman–Crippen MR) is 126 cm³/mol. The zero-order valence-electron chi connectivity index (χ0n) is 16.2. The van der Waals surface area contributed by atoms with Gasteiger partial charge < -0.3 is 13.9 Å². The Balaban J connectivity index is 2.10. The van der Waals surface area contributed by atoms with Crippen molar-refractivity contribution in [2.24, 2.45) is 14.1 Å². The Labute approximate surface area is 184 Å². The molecular formula is C23H18Br2N2O2. The second kappa shape index (κ2) is 6.61. The van der Waals surface area contributed by atoms with Crippen LogP contribution >= 0.6 is 31.9 Å². The molecule has 4 nitrogen and oxygen atoms in total. The minimum Gasteiger partial charge on any atom is -0.462 e. The largest absolute Gasteiger partial charge is 0.462 e. The Morgan fingerprint density at radius 3 is 1.76 bits per heavy atom. The van der Waals surface area contributed by atoms with Gasteiger partial charge in [0.1, 0.15) is 5.56 Å². The number of carbonyl (C=O) groups excluding carboxylic acids is 1. The lowest BCUT2D eigenvalue weighted by molar-refractivity contribution is 0.0530. The van der Waals surface area contributed by atoms with Gasteiger partial charge >= 0.3 is 5.97 Å². The molecule has 5 rings (SSSR count). The molecule has 0 bridgehead atoms. The van der Waals surface area contributed by atoms with Gasteiger partial charge in [-0.1, -0.05) is 31.9 Å². The Hall–Kier alpha value is -2.31. The maximum atomic E-state index is 13.2. The molecule has 3 aromatic carbocycles. The summed E-state index contributed by atoms with van der Waals surface area (Å²) in [5.41, 5.74) is 4.57. The van der Waals surface area contributed by atoms with E-state index < -0.39 is 0 Å². The Morgan fingerprint density at radius 2 is 1.31 bits per heavy atom. The molecule has 0 radical (unpaired) electrons. The molecule has 0 aliphatic carbocycles. The summed E-state index contributed by atoms with van der Waals surface area (Å²) in [6.45, 7) is 2.17. The van der Waals surface area contributed by atoms with E-state index in [0.717, 1.165) is 52.6 Å². The lowest BCUT2D eigenvalue weighted by Gasteiger charge is -2.10. The van der Waals surface area contributed by atoms with Crippen LogP contribution in [0.1, 0.15) is 17.3 Å². The summed E-state index contributed by atoms with van der Waals surface area (Å²) >= 11 is 7.18. The molecular weight excluding hydrogens is 496 g/mol. The Bertz CT molecular complexity index is 1380.